The van der Waals surface area contributed by atoms with Gasteiger partial charge in [-0.1, -0.05) is 18.2 Å². The SMILES string of the molecule is CNS(=O)(=O)c1cccc(Oc2ccc(F)c(-c3ncnc4c(C(F)(F)F)cccc34)c2)c1. The highest BCUT2D eigenvalue weighted by atomic mass is 32.2. The number of nitrogens with zero attached hydrogens (tertiary/aromatic N) is 2. The van der Waals surface area contributed by atoms with E-state index in [-0.39, 0.29) is 38.6 Å². The molecule has 1 N–H and O–H groups in total. The topological polar surface area (TPSA) is 81.2 Å². The molecule has 0 aliphatic heterocycles. The third-order valence-corrected chi connectivity index (χ3v) is 6.20. The Morgan fingerprint density at radius 1 is 0.939 bits per heavy atom. The lowest BCUT2D eigenvalue weighted by Crippen LogP contribution is -2.18. The summed E-state index contributed by atoms with van der Waals surface area (Å²) in [6.45, 7) is 0. The van der Waals surface area contributed by atoms with E-state index in [1.165, 1.54) is 55.6 Å². The van der Waals surface area contributed by atoms with Crippen LogP contribution in [0.3, 0.4) is 0 Å². The van der Waals surface area contributed by atoms with Gasteiger partial charge in [0.2, 0.25) is 10.0 Å². The first kappa shape index (κ1) is 22.6. The second kappa shape index (κ2) is 8.41. The van der Waals surface area contributed by atoms with Crippen molar-refractivity contribution in [3.8, 4) is 22.8 Å². The number of rotatable bonds is 5. The smallest absolute Gasteiger partial charge is 0.418 e. The summed E-state index contributed by atoms with van der Waals surface area (Å²) < 4.78 is 86.7. The normalized spacial score (nSPS) is 12.2. The van der Waals surface area contributed by atoms with Crippen LogP contribution in [0.1, 0.15) is 5.56 Å². The predicted octanol–water partition coefficient (Wildman–Crippen LogP) is 5.16. The summed E-state index contributed by atoms with van der Waals surface area (Å²) in [6, 6.07) is 12.8. The molecule has 11 heteroatoms. The molecule has 0 fully saturated rings. The van der Waals surface area contributed by atoms with E-state index in [0.717, 1.165) is 18.5 Å². The Balaban J connectivity index is 1.79. The first-order valence-electron chi connectivity index (χ1n) is 9.42. The van der Waals surface area contributed by atoms with E-state index >= 15 is 0 Å². The van der Waals surface area contributed by atoms with E-state index in [4.69, 9.17) is 4.74 Å². The van der Waals surface area contributed by atoms with Gasteiger partial charge in [0.05, 0.1) is 21.7 Å². The molecule has 4 rings (SSSR count). The molecule has 33 heavy (non-hydrogen) atoms. The Kier molecular flexibility index (Phi) is 5.76. The molecule has 0 atom stereocenters. The molecular weight excluding hydrogens is 462 g/mol. The van der Waals surface area contributed by atoms with Crippen molar-refractivity contribution in [2.45, 2.75) is 11.1 Å². The fourth-order valence-corrected chi connectivity index (χ4v) is 4.00. The molecule has 0 bridgehead atoms. The number of aromatic nitrogens is 2. The standard InChI is InChI=1S/C22H15F4N3O3S/c1-27-33(30,31)15-5-2-4-13(10-15)32-14-8-9-19(23)17(11-14)20-16-6-3-7-18(22(24,25)26)21(16)29-12-28-20/h2-12,27H,1H3. The number of ether oxygens (including phenoxy) is 1. The highest BCUT2D eigenvalue weighted by Gasteiger charge is 2.33. The fraction of sp³-hybridized carbons (Fsp3) is 0.0909. The fourth-order valence-electron chi connectivity index (χ4n) is 3.24. The molecule has 0 amide bonds. The minimum atomic E-state index is -4.65. The lowest BCUT2D eigenvalue weighted by atomic mass is 10.0. The van der Waals surface area contributed by atoms with E-state index in [1.54, 1.807) is 0 Å². The van der Waals surface area contributed by atoms with Crippen LogP contribution < -0.4 is 9.46 Å². The minimum absolute atomic E-state index is 0.0190. The van der Waals surface area contributed by atoms with E-state index < -0.39 is 27.6 Å². The highest BCUT2D eigenvalue weighted by Crippen LogP contribution is 2.37. The van der Waals surface area contributed by atoms with Gasteiger partial charge in [-0.2, -0.15) is 13.2 Å². The zero-order chi connectivity index (χ0) is 23.8. The van der Waals surface area contributed by atoms with Crippen LogP contribution in [0.4, 0.5) is 17.6 Å². The molecule has 0 unspecified atom stereocenters. The summed E-state index contributed by atoms with van der Waals surface area (Å²) in [7, 11) is -2.44. The molecule has 170 valence electrons. The van der Waals surface area contributed by atoms with Gasteiger partial charge in [0.1, 0.15) is 23.6 Å². The van der Waals surface area contributed by atoms with Crippen molar-refractivity contribution in [2.75, 3.05) is 7.05 Å². The number of alkyl halides is 3. The molecule has 0 saturated heterocycles. The molecule has 1 aromatic heterocycles. The van der Waals surface area contributed by atoms with Crippen LogP contribution in [-0.2, 0) is 16.2 Å². The van der Waals surface area contributed by atoms with Crippen molar-refractivity contribution in [1.82, 2.24) is 14.7 Å². The molecule has 4 aromatic rings. The number of nitrogens with one attached hydrogen (secondary N) is 1. The van der Waals surface area contributed by atoms with Crippen molar-refractivity contribution >= 4 is 20.9 Å². The van der Waals surface area contributed by atoms with Crippen molar-refractivity contribution in [3.05, 3.63) is 78.4 Å². The summed E-state index contributed by atoms with van der Waals surface area (Å²) >= 11 is 0. The maximum absolute atomic E-state index is 14.7. The zero-order valence-electron chi connectivity index (χ0n) is 16.9. The summed E-state index contributed by atoms with van der Waals surface area (Å²) in [6.07, 6.45) is -3.71. The molecule has 0 aliphatic carbocycles. The molecule has 3 aromatic carbocycles. The van der Waals surface area contributed by atoms with Gasteiger partial charge in [0.15, 0.2) is 0 Å². The summed E-state index contributed by atoms with van der Waals surface area (Å²) in [5.41, 5.74) is -1.46. The lowest BCUT2D eigenvalue weighted by Gasteiger charge is -2.13. The molecule has 0 aliphatic rings. The number of para-hydroxylation sites is 1. The second-order valence-corrected chi connectivity index (χ2v) is 8.73. The number of sulfonamides is 1. The van der Waals surface area contributed by atoms with Crippen molar-refractivity contribution < 1.29 is 30.7 Å². The molecule has 0 saturated carbocycles. The van der Waals surface area contributed by atoms with Crippen LogP contribution in [0.25, 0.3) is 22.2 Å². The maximum atomic E-state index is 14.7. The Morgan fingerprint density at radius 2 is 1.67 bits per heavy atom. The van der Waals surface area contributed by atoms with Gasteiger partial charge in [-0.25, -0.2) is 27.5 Å². The maximum Gasteiger partial charge on any atom is 0.418 e. The van der Waals surface area contributed by atoms with Gasteiger partial charge in [-0.15, -0.1) is 0 Å². The van der Waals surface area contributed by atoms with Gasteiger partial charge in [-0.05, 0) is 43.4 Å². The third-order valence-electron chi connectivity index (χ3n) is 4.78. The Hall–Kier alpha value is -3.57. The summed E-state index contributed by atoms with van der Waals surface area (Å²) in [5.74, 6) is -0.439. The van der Waals surface area contributed by atoms with Gasteiger partial charge in [0.25, 0.3) is 0 Å². The van der Waals surface area contributed by atoms with Crippen LogP contribution in [0.5, 0.6) is 11.5 Å². The molecule has 0 radical (unpaired) electrons. The Bertz CT molecular complexity index is 1460. The van der Waals surface area contributed by atoms with E-state index in [2.05, 4.69) is 14.7 Å². The van der Waals surface area contributed by atoms with Crippen LogP contribution >= 0.6 is 0 Å². The van der Waals surface area contributed by atoms with Crippen molar-refractivity contribution in [3.63, 3.8) is 0 Å². The number of fused-ring (bicyclic) bond motifs is 1. The molecule has 6 nitrogen and oxygen atoms in total. The monoisotopic (exact) mass is 477 g/mol. The van der Waals surface area contributed by atoms with Gasteiger partial charge >= 0.3 is 6.18 Å². The minimum Gasteiger partial charge on any atom is -0.457 e. The predicted molar refractivity (Wildman–Crippen MR) is 113 cm³/mol. The molecule has 1 heterocycles. The van der Waals surface area contributed by atoms with Gasteiger partial charge in [0, 0.05) is 17.0 Å². The number of hydrogen-bond acceptors (Lipinski definition) is 5. The van der Waals surface area contributed by atoms with Gasteiger partial charge < -0.3 is 4.74 Å². The lowest BCUT2D eigenvalue weighted by molar-refractivity contribution is -0.136. The van der Waals surface area contributed by atoms with E-state index in [1.807, 2.05) is 0 Å². The van der Waals surface area contributed by atoms with Crippen molar-refractivity contribution in [1.29, 1.82) is 0 Å². The largest absolute Gasteiger partial charge is 0.457 e. The highest BCUT2D eigenvalue weighted by molar-refractivity contribution is 7.89. The van der Waals surface area contributed by atoms with Crippen molar-refractivity contribution in [2.24, 2.45) is 0 Å². The van der Waals surface area contributed by atoms with Crippen LogP contribution in [0.15, 0.2) is 71.9 Å². The number of hydrogen-bond donors (Lipinski definition) is 1. The summed E-state index contributed by atoms with van der Waals surface area (Å²) in [5, 5.41) is 0.0190. The second-order valence-electron chi connectivity index (χ2n) is 6.85. The Morgan fingerprint density at radius 3 is 2.39 bits per heavy atom. The molecule has 0 spiro atoms. The van der Waals surface area contributed by atoms with Crippen LogP contribution in [0.2, 0.25) is 0 Å². The van der Waals surface area contributed by atoms with E-state index in [0.29, 0.717) is 0 Å². The Labute approximate surface area is 185 Å². The third kappa shape index (κ3) is 4.50. The molecular formula is C22H15F4N3O3S. The summed E-state index contributed by atoms with van der Waals surface area (Å²) in [4.78, 5) is 7.72. The van der Waals surface area contributed by atoms with Crippen LogP contribution in [0, 0.1) is 5.82 Å². The van der Waals surface area contributed by atoms with Crippen LogP contribution in [-0.4, -0.2) is 25.4 Å². The quantitative estimate of drug-likeness (QED) is 0.402. The van der Waals surface area contributed by atoms with E-state index in [9.17, 15) is 26.0 Å². The zero-order valence-corrected chi connectivity index (χ0v) is 17.7. The van der Waals surface area contributed by atoms with Gasteiger partial charge in [-0.3, -0.25) is 0 Å². The first-order chi connectivity index (χ1) is 15.6. The first-order valence-corrected chi connectivity index (χ1v) is 10.9. The average molecular weight is 477 g/mol. The average Bonchev–Trinajstić information content (AvgIpc) is 2.79. The number of benzene rings is 3. The number of halogens is 4.